The number of carbonyl (C=O) groups excluding carboxylic acids is 1. The van der Waals surface area contributed by atoms with Crippen LogP contribution < -0.4 is 14.8 Å². The Bertz CT molecular complexity index is 944. The maximum absolute atomic E-state index is 12.4. The van der Waals surface area contributed by atoms with Crippen LogP contribution in [0, 0.1) is 6.92 Å². The molecule has 0 saturated carbocycles. The van der Waals surface area contributed by atoms with Crippen LogP contribution in [-0.4, -0.2) is 28.5 Å². The van der Waals surface area contributed by atoms with Crippen molar-refractivity contribution in [2.75, 3.05) is 12.4 Å². The van der Waals surface area contributed by atoms with E-state index in [2.05, 4.69) is 14.7 Å². The molecule has 0 saturated heterocycles. The lowest BCUT2D eigenvalue weighted by Crippen LogP contribution is -2.30. The van der Waals surface area contributed by atoms with E-state index in [0.717, 1.165) is 28.4 Å². The van der Waals surface area contributed by atoms with E-state index < -0.39 is 6.10 Å². The van der Waals surface area contributed by atoms with Gasteiger partial charge in [0.25, 0.3) is 5.91 Å². The van der Waals surface area contributed by atoms with Gasteiger partial charge < -0.3 is 9.47 Å². The van der Waals surface area contributed by atoms with E-state index in [4.69, 9.17) is 21.1 Å². The first-order valence-corrected chi connectivity index (χ1v) is 9.33. The Morgan fingerprint density at radius 2 is 1.89 bits per heavy atom. The van der Waals surface area contributed by atoms with Crippen molar-refractivity contribution >= 4 is 34.2 Å². The van der Waals surface area contributed by atoms with Gasteiger partial charge in [-0.25, -0.2) is 0 Å². The molecule has 6 nitrogen and oxygen atoms in total. The Morgan fingerprint density at radius 3 is 2.56 bits per heavy atom. The normalized spacial score (nSPS) is 11.7. The van der Waals surface area contributed by atoms with Gasteiger partial charge in [-0.2, -0.15) is 9.36 Å². The van der Waals surface area contributed by atoms with Crippen LogP contribution in [0.3, 0.4) is 0 Å². The molecule has 0 aliphatic heterocycles. The number of nitrogens with zero attached hydrogens (tertiary/aromatic N) is 2. The maximum atomic E-state index is 12.4. The number of carbonyl (C=O) groups is 1. The molecule has 1 atom stereocenters. The van der Waals surface area contributed by atoms with Crippen LogP contribution in [0.1, 0.15) is 12.5 Å². The fourth-order valence-corrected chi connectivity index (χ4v) is 3.00. The van der Waals surface area contributed by atoms with Gasteiger partial charge in [-0.3, -0.25) is 10.1 Å². The molecular formula is C19H18ClN3O3S. The summed E-state index contributed by atoms with van der Waals surface area (Å²) >= 11 is 7.11. The molecule has 27 heavy (non-hydrogen) atoms. The first-order chi connectivity index (χ1) is 13.0. The van der Waals surface area contributed by atoms with Gasteiger partial charge in [0.05, 0.1) is 7.11 Å². The highest BCUT2D eigenvalue weighted by molar-refractivity contribution is 7.10. The zero-order valence-corrected chi connectivity index (χ0v) is 16.6. The van der Waals surface area contributed by atoms with E-state index in [0.29, 0.717) is 21.7 Å². The highest BCUT2D eigenvalue weighted by Gasteiger charge is 2.17. The second kappa shape index (κ2) is 8.37. The summed E-state index contributed by atoms with van der Waals surface area (Å²) in [5.74, 6) is 1.57. The van der Waals surface area contributed by atoms with Gasteiger partial charge in [0.15, 0.2) is 11.9 Å². The molecule has 0 unspecified atom stereocenters. The predicted molar refractivity (Wildman–Crippen MR) is 107 cm³/mol. The summed E-state index contributed by atoms with van der Waals surface area (Å²) in [4.78, 5) is 16.7. The number of ether oxygens (including phenoxy) is 2. The van der Waals surface area contributed by atoms with Crippen LogP contribution >= 0.6 is 23.1 Å². The second-order valence-corrected chi connectivity index (χ2v) is 6.97. The Kier molecular flexibility index (Phi) is 5.93. The van der Waals surface area contributed by atoms with Gasteiger partial charge >= 0.3 is 0 Å². The monoisotopic (exact) mass is 403 g/mol. The van der Waals surface area contributed by atoms with Crippen LogP contribution in [-0.2, 0) is 4.79 Å². The molecule has 0 aliphatic rings. The average molecular weight is 404 g/mol. The Balaban J connectivity index is 1.63. The Hall–Kier alpha value is -2.64. The van der Waals surface area contributed by atoms with Crippen molar-refractivity contribution < 1.29 is 14.3 Å². The molecule has 0 aliphatic carbocycles. The number of nitrogens with one attached hydrogen (secondary N) is 1. The molecule has 2 aromatic carbocycles. The van der Waals surface area contributed by atoms with E-state index in [-0.39, 0.29) is 5.91 Å². The molecule has 0 radical (unpaired) electrons. The van der Waals surface area contributed by atoms with Gasteiger partial charge in [-0.15, -0.1) is 0 Å². The molecule has 1 amide bonds. The largest absolute Gasteiger partial charge is 0.497 e. The molecular weight excluding hydrogens is 386 g/mol. The molecule has 3 rings (SSSR count). The smallest absolute Gasteiger partial charge is 0.266 e. The van der Waals surface area contributed by atoms with Crippen LogP contribution in [0.5, 0.6) is 11.5 Å². The molecule has 8 heteroatoms. The van der Waals surface area contributed by atoms with Gasteiger partial charge in [-0.1, -0.05) is 11.6 Å². The number of hydrogen-bond acceptors (Lipinski definition) is 6. The van der Waals surface area contributed by atoms with Crippen molar-refractivity contribution in [3.05, 3.63) is 53.1 Å². The molecule has 1 heterocycles. The van der Waals surface area contributed by atoms with Crippen molar-refractivity contribution in [1.29, 1.82) is 0 Å². The zero-order chi connectivity index (χ0) is 19.4. The van der Waals surface area contributed by atoms with E-state index in [9.17, 15) is 4.79 Å². The van der Waals surface area contributed by atoms with E-state index >= 15 is 0 Å². The molecule has 1 aromatic heterocycles. The second-order valence-electron chi connectivity index (χ2n) is 5.81. The van der Waals surface area contributed by atoms with Gasteiger partial charge in [0.2, 0.25) is 5.13 Å². The summed E-state index contributed by atoms with van der Waals surface area (Å²) < 4.78 is 15.1. The van der Waals surface area contributed by atoms with Crippen LogP contribution in [0.2, 0.25) is 5.02 Å². The number of benzene rings is 2. The maximum Gasteiger partial charge on any atom is 0.266 e. The van der Waals surface area contributed by atoms with Crippen molar-refractivity contribution in [3.63, 3.8) is 0 Å². The summed E-state index contributed by atoms with van der Waals surface area (Å²) in [6.07, 6.45) is -0.695. The standard InChI is InChI=1S/C19H18ClN3O3S/c1-11-10-15(8-9-16(11)20)26-12(2)18(24)22-19-21-17(23-27-19)13-4-6-14(25-3)7-5-13/h4-10,12H,1-3H3,(H,21,22,23,24)/t12-/m1/s1. The SMILES string of the molecule is COc1ccc(-c2nsc(NC(=O)[C@@H](C)Oc3ccc(Cl)c(C)c3)n2)cc1. The number of halogens is 1. The lowest BCUT2D eigenvalue weighted by Gasteiger charge is -2.14. The minimum Gasteiger partial charge on any atom is -0.497 e. The third-order valence-corrected chi connectivity index (χ3v) is 4.87. The highest BCUT2D eigenvalue weighted by Crippen LogP contribution is 2.24. The number of aromatic nitrogens is 2. The van der Waals surface area contributed by atoms with Crippen LogP contribution in [0.4, 0.5) is 5.13 Å². The fraction of sp³-hybridized carbons (Fsp3) is 0.211. The summed E-state index contributed by atoms with van der Waals surface area (Å²) in [6, 6.07) is 12.6. The summed E-state index contributed by atoms with van der Waals surface area (Å²) in [5.41, 5.74) is 1.73. The average Bonchev–Trinajstić information content (AvgIpc) is 3.13. The molecule has 140 valence electrons. The van der Waals surface area contributed by atoms with E-state index in [1.807, 2.05) is 31.2 Å². The number of amides is 1. The van der Waals surface area contributed by atoms with Crippen molar-refractivity contribution in [2.45, 2.75) is 20.0 Å². The molecule has 0 bridgehead atoms. The predicted octanol–water partition coefficient (Wildman–Crippen LogP) is 4.58. The van der Waals surface area contributed by atoms with Crippen LogP contribution in [0.15, 0.2) is 42.5 Å². The van der Waals surface area contributed by atoms with E-state index in [1.54, 1.807) is 32.2 Å². The highest BCUT2D eigenvalue weighted by atomic mass is 35.5. The third-order valence-electron chi connectivity index (χ3n) is 3.82. The number of methoxy groups -OCH3 is 1. The first kappa shape index (κ1) is 19.1. The van der Waals surface area contributed by atoms with Crippen molar-refractivity contribution in [2.24, 2.45) is 0 Å². The van der Waals surface area contributed by atoms with Gasteiger partial charge in [0.1, 0.15) is 11.5 Å². The number of rotatable bonds is 6. The quantitative estimate of drug-likeness (QED) is 0.652. The summed E-state index contributed by atoms with van der Waals surface area (Å²) in [7, 11) is 1.61. The molecule has 3 aromatic rings. The third kappa shape index (κ3) is 4.75. The van der Waals surface area contributed by atoms with E-state index in [1.165, 1.54) is 0 Å². The minimum absolute atomic E-state index is 0.306. The van der Waals surface area contributed by atoms with Crippen molar-refractivity contribution in [1.82, 2.24) is 9.36 Å². The van der Waals surface area contributed by atoms with Gasteiger partial charge in [0, 0.05) is 22.1 Å². The Morgan fingerprint density at radius 1 is 1.19 bits per heavy atom. The Labute approximate surface area is 166 Å². The minimum atomic E-state index is -0.695. The number of aryl methyl sites for hydroxylation is 1. The lowest BCUT2D eigenvalue weighted by molar-refractivity contribution is -0.122. The topological polar surface area (TPSA) is 73.3 Å². The molecule has 1 N–H and O–H groups in total. The fourth-order valence-electron chi connectivity index (χ4n) is 2.29. The van der Waals surface area contributed by atoms with Gasteiger partial charge in [-0.05, 0) is 61.9 Å². The zero-order valence-electron chi connectivity index (χ0n) is 15.0. The lowest BCUT2D eigenvalue weighted by atomic mass is 10.2. The summed E-state index contributed by atoms with van der Waals surface area (Å²) in [5, 5.41) is 3.79. The van der Waals surface area contributed by atoms with Crippen molar-refractivity contribution in [3.8, 4) is 22.9 Å². The number of hydrogen-bond donors (Lipinski definition) is 1. The first-order valence-electron chi connectivity index (χ1n) is 8.18. The molecule has 0 fully saturated rings. The van der Waals surface area contributed by atoms with Crippen LogP contribution in [0.25, 0.3) is 11.4 Å². The molecule has 0 spiro atoms. The summed E-state index contributed by atoms with van der Waals surface area (Å²) in [6.45, 7) is 3.55. The number of anilines is 1.